The number of aromatic nitrogens is 1. The summed E-state index contributed by atoms with van der Waals surface area (Å²) in [5, 5.41) is 9.92. The van der Waals surface area contributed by atoms with Crippen LogP contribution >= 0.6 is 10.8 Å². The molecule has 0 radical (unpaired) electrons. The second kappa shape index (κ2) is 13.2. The van der Waals surface area contributed by atoms with Crippen LogP contribution in [0.3, 0.4) is 0 Å². The Morgan fingerprint density at radius 1 is 1.21 bits per heavy atom. The van der Waals surface area contributed by atoms with E-state index in [0.717, 1.165) is 24.0 Å². The number of likely N-dealkylation sites (N-methyl/N-ethyl adjacent to an activating group) is 1. The molecule has 8 nitrogen and oxygen atoms in total. The SMILES string of the molecule is CC(CO)N1C[C@@H](C)[C@H](CN(C)C(=O)Cc2ccncc2)Oc2cc(C#CC3CCCCC3)ccc2S1(O)O. The number of rotatable bonds is 6. The molecule has 0 spiro atoms. The molecule has 3 N–H and O–H groups in total. The van der Waals surface area contributed by atoms with E-state index in [-0.39, 0.29) is 36.3 Å². The molecule has 2 aliphatic rings. The summed E-state index contributed by atoms with van der Waals surface area (Å²) in [7, 11) is -1.68. The van der Waals surface area contributed by atoms with Gasteiger partial charge >= 0.3 is 0 Å². The fraction of sp³-hybridized carbons (Fsp3) is 0.533. The number of benzene rings is 1. The Bertz CT molecular complexity index is 1180. The summed E-state index contributed by atoms with van der Waals surface area (Å²) in [6, 6.07) is 8.43. The minimum atomic E-state index is -3.43. The van der Waals surface area contributed by atoms with E-state index in [9.17, 15) is 19.0 Å². The predicted octanol–water partition coefficient (Wildman–Crippen LogP) is 4.82. The first kappa shape index (κ1) is 29.4. The van der Waals surface area contributed by atoms with Crippen LogP contribution in [0.15, 0.2) is 47.6 Å². The summed E-state index contributed by atoms with van der Waals surface area (Å²) in [4.78, 5) is 19.0. The van der Waals surface area contributed by atoms with Crippen LogP contribution in [0.2, 0.25) is 0 Å². The third-order valence-electron chi connectivity index (χ3n) is 7.71. The van der Waals surface area contributed by atoms with Gasteiger partial charge in [-0.15, -0.1) is 10.8 Å². The topological polar surface area (TPSA) is 106 Å². The Labute approximate surface area is 233 Å². The molecule has 1 fully saturated rings. The maximum Gasteiger partial charge on any atom is 0.226 e. The highest BCUT2D eigenvalue weighted by molar-refractivity contribution is 8.22. The summed E-state index contributed by atoms with van der Waals surface area (Å²) in [6.45, 7) is 4.12. The lowest BCUT2D eigenvalue weighted by Crippen LogP contribution is -2.48. The van der Waals surface area contributed by atoms with Crippen LogP contribution in [0.25, 0.3) is 0 Å². The lowest BCUT2D eigenvalue weighted by atomic mass is 9.90. The largest absolute Gasteiger partial charge is 0.486 e. The molecule has 1 aromatic carbocycles. The highest BCUT2D eigenvalue weighted by Crippen LogP contribution is 2.57. The van der Waals surface area contributed by atoms with E-state index in [0.29, 0.717) is 18.2 Å². The molecule has 1 aliphatic heterocycles. The average Bonchev–Trinajstić information content (AvgIpc) is 2.94. The van der Waals surface area contributed by atoms with Crippen molar-refractivity contribution in [1.82, 2.24) is 14.2 Å². The van der Waals surface area contributed by atoms with E-state index < -0.39 is 22.9 Å². The molecule has 9 heteroatoms. The normalized spacial score (nSPS) is 23.1. The number of aliphatic hydroxyl groups excluding tert-OH is 1. The molecule has 1 unspecified atom stereocenters. The zero-order valence-electron chi connectivity index (χ0n) is 23.1. The second-order valence-corrected chi connectivity index (χ2v) is 12.8. The standard InChI is InChI=1S/C30H41N3O5S/c1-22-19-33(23(2)21-34)39(36,37)29-12-11-25(10-9-24-7-5-4-6-8-24)17-27(29)38-28(22)20-32(3)30(35)18-26-13-15-31-16-14-26/h11-17,22-24,28,34,36-37H,4-8,18-21H2,1-3H3/t22-,23?,28+/m1/s1. The van der Waals surface area contributed by atoms with Crippen molar-refractivity contribution in [1.29, 1.82) is 0 Å². The van der Waals surface area contributed by atoms with Crippen LogP contribution in [-0.2, 0) is 11.2 Å². The van der Waals surface area contributed by atoms with Crippen molar-refractivity contribution < 1.29 is 23.7 Å². The van der Waals surface area contributed by atoms with E-state index in [2.05, 4.69) is 16.8 Å². The van der Waals surface area contributed by atoms with Gasteiger partial charge in [-0.1, -0.05) is 38.0 Å². The minimum Gasteiger partial charge on any atom is -0.486 e. The molecule has 39 heavy (non-hydrogen) atoms. The number of carbonyl (C=O) groups is 1. The molecule has 2 heterocycles. The number of fused-ring (bicyclic) bond motifs is 1. The zero-order valence-corrected chi connectivity index (χ0v) is 23.9. The van der Waals surface area contributed by atoms with Crippen molar-refractivity contribution in [2.45, 2.75) is 69.4 Å². The van der Waals surface area contributed by atoms with Crippen molar-refractivity contribution in [2.75, 3.05) is 26.7 Å². The van der Waals surface area contributed by atoms with Gasteiger partial charge in [0.2, 0.25) is 5.91 Å². The Morgan fingerprint density at radius 2 is 1.92 bits per heavy atom. The highest BCUT2D eigenvalue weighted by Gasteiger charge is 2.38. The van der Waals surface area contributed by atoms with Gasteiger partial charge in [0.15, 0.2) is 0 Å². The van der Waals surface area contributed by atoms with Crippen molar-refractivity contribution in [3.63, 3.8) is 0 Å². The smallest absolute Gasteiger partial charge is 0.226 e. The summed E-state index contributed by atoms with van der Waals surface area (Å²) in [6.07, 6.45) is 9.09. The molecule has 3 atom stereocenters. The van der Waals surface area contributed by atoms with E-state index in [1.807, 2.05) is 19.1 Å². The van der Waals surface area contributed by atoms with E-state index in [4.69, 9.17) is 4.74 Å². The Balaban J connectivity index is 1.62. The van der Waals surface area contributed by atoms with Crippen LogP contribution in [0, 0.1) is 23.7 Å². The summed E-state index contributed by atoms with van der Waals surface area (Å²) < 4.78 is 30.9. The Kier molecular flexibility index (Phi) is 9.91. The van der Waals surface area contributed by atoms with Crippen LogP contribution in [0.4, 0.5) is 0 Å². The fourth-order valence-corrected chi connectivity index (χ4v) is 7.06. The maximum absolute atomic E-state index is 13.0. The van der Waals surface area contributed by atoms with Crippen LogP contribution in [0.5, 0.6) is 5.75 Å². The second-order valence-electron chi connectivity index (χ2n) is 10.9. The van der Waals surface area contributed by atoms with Gasteiger partial charge in [-0.25, -0.2) is 0 Å². The number of ether oxygens (including phenoxy) is 1. The van der Waals surface area contributed by atoms with Gasteiger partial charge < -0.3 is 14.7 Å². The molecular weight excluding hydrogens is 514 g/mol. The number of nitrogens with zero attached hydrogens (tertiary/aromatic N) is 3. The van der Waals surface area contributed by atoms with Crippen molar-refractivity contribution in [3.8, 4) is 17.6 Å². The molecule has 2 aromatic rings. The average molecular weight is 556 g/mol. The van der Waals surface area contributed by atoms with Gasteiger partial charge in [-0.2, -0.15) is 4.31 Å². The third kappa shape index (κ3) is 7.33. The number of carbonyl (C=O) groups excluding carboxylic acids is 1. The first-order valence-electron chi connectivity index (χ1n) is 13.8. The Morgan fingerprint density at radius 3 is 2.62 bits per heavy atom. The molecule has 4 rings (SSSR count). The molecule has 1 saturated carbocycles. The minimum absolute atomic E-state index is 0.0451. The first-order valence-corrected chi connectivity index (χ1v) is 15.3. The van der Waals surface area contributed by atoms with Crippen molar-refractivity contribution in [3.05, 3.63) is 53.9 Å². The van der Waals surface area contributed by atoms with Crippen LogP contribution < -0.4 is 4.74 Å². The number of aliphatic hydroxyl groups is 1. The summed E-state index contributed by atoms with van der Waals surface area (Å²) in [5.41, 5.74) is 1.64. The molecule has 0 saturated heterocycles. The quantitative estimate of drug-likeness (QED) is 0.439. The monoisotopic (exact) mass is 555 g/mol. The fourth-order valence-electron chi connectivity index (χ4n) is 5.17. The lowest BCUT2D eigenvalue weighted by molar-refractivity contribution is -0.130. The summed E-state index contributed by atoms with van der Waals surface area (Å²) in [5.74, 6) is 7.19. The zero-order chi connectivity index (χ0) is 28.0. The highest BCUT2D eigenvalue weighted by atomic mass is 32.3. The number of amides is 1. The number of hydrogen-bond donors (Lipinski definition) is 3. The Hall–Kier alpha value is -2.61. The third-order valence-corrected chi connectivity index (χ3v) is 9.80. The van der Waals surface area contributed by atoms with E-state index in [1.54, 1.807) is 53.8 Å². The van der Waals surface area contributed by atoms with Crippen LogP contribution in [0.1, 0.15) is 57.1 Å². The van der Waals surface area contributed by atoms with E-state index >= 15 is 0 Å². The van der Waals surface area contributed by atoms with Gasteiger partial charge in [-0.3, -0.25) is 18.9 Å². The first-order chi connectivity index (χ1) is 18.7. The molecule has 1 aliphatic carbocycles. The molecule has 1 aromatic heterocycles. The molecular formula is C30H41N3O5S. The van der Waals surface area contributed by atoms with Gasteiger partial charge in [-0.05, 0) is 55.7 Å². The van der Waals surface area contributed by atoms with Gasteiger partial charge in [0.1, 0.15) is 16.7 Å². The van der Waals surface area contributed by atoms with Crippen molar-refractivity contribution >= 4 is 16.7 Å². The predicted molar refractivity (Wildman–Crippen MR) is 153 cm³/mol. The lowest BCUT2D eigenvalue weighted by Gasteiger charge is -2.49. The number of pyridine rings is 1. The summed E-state index contributed by atoms with van der Waals surface area (Å²) >= 11 is 0. The van der Waals surface area contributed by atoms with Gasteiger partial charge in [0.05, 0.1) is 19.6 Å². The van der Waals surface area contributed by atoms with Gasteiger partial charge in [0.25, 0.3) is 0 Å². The van der Waals surface area contributed by atoms with E-state index in [1.165, 1.54) is 19.3 Å². The van der Waals surface area contributed by atoms with Crippen LogP contribution in [-0.4, -0.2) is 73.2 Å². The molecule has 212 valence electrons. The van der Waals surface area contributed by atoms with Gasteiger partial charge in [0, 0.05) is 49.4 Å². The maximum atomic E-state index is 13.0. The molecule has 1 amide bonds. The number of hydrogen-bond acceptors (Lipinski definition) is 7. The van der Waals surface area contributed by atoms with Crippen molar-refractivity contribution in [2.24, 2.45) is 11.8 Å². The molecule has 0 bridgehead atoms.